The Hall–Kier alpha value is -1.73. The summed E-state index contributed by atoms with van der Waals surface area (Å²) in [4.78, 5) is 0. The summed E-state index contributed by atoms with van der Waals surface area (Å²) < 4.78 is 10.6. The zero-order valence-corrected chi connectivity index (χ0v) is 11.4. The molecule has 4 nitrogen and oxygen atoms in total. The van der Waals surface area contributed by atoms with Crippen LogP contribution in [0.2, 0.25) is 0 Å². The van der Waals surface area contributed by atoms with Crippen LogP contribution in [0, 0.1) is 11.3 Å². The highest BCUT2D eigenvalue weighted by atomic mass is 16.5. The van der Waals surface area contributed by atoms with Crippen molar-refractivity contribution >= 4 is 0 Å². The van der Waals surface area contributed by atoms with Gasteiger partial charge in [-0.2, -0.15) is 5.26 Å². The van der Waals surface area contributed by atoms with E-state index in [0.717, 1.165) is 17.1 Å². The SMILES string of the molecule is COc1ccc(C(C)(C)CNCC#N)c(OC)c1. The number of hydrogen-bond acceptors (Lipinski definition) is 4. The molecular weight excluding hydrogens is 228 g/mol. The number of methoxy groups -OCH3 is 2. The van der Waals surface area contributed by atoms with Gasteiger partial charge in [-0.3, -0.25) is 0 Å². The lowest BCUT2D eigenvalue weighted by atomic mass is 9.84. The molecule has 0 saturated heterocycles. The number of nitriles is 1. The molecule has 98 valence electrons. The minimum Gasteiger partial charge on any atom is -0.497 e. The fourth-order valence-electron chi connectivity index (χ4n) is 1.88. The summed E-state index contributed by atoms with van der Waals surface area (Å²) in [6, 6.07) is 7.88. The van der Waals surface area contributed by atoms with E-state index >= 15 is 0 Å². The van der Waals surface area contributed by atoms with E-state index in [1.807, 2.05) is 18.2 Å². The molecule has 0 bridgehead atoms. The Morgan fingerprint density at radius 3 is 2.56 bits per heavy atom. The number of ether oxygens (including phenoxy) is 2. The summed E-state index contributed by atoms with van der Waals surface area (Å²) in [5, 5.41) is 11.7. The van der Waals surface area contributed by atoms with Crippen LogP contribution in [0.1, 0.15) is 19.4 Å². The minimum absolute atomic E-state index is 0.117. The fourth-order valence-corrected chi connectivity index (χ4v) is 1.88. The van der Waals surface area contributed by atoms with E-state index in [9.17, 15) is 0 Å². The van der Waals surface area contributed by atoms with Crippen LogP contribution in [0.25, 0.3) is 0 Å². The Labute approximate surface area is 109 Å². The predicted octanol–water partition coefficient (Wildman–Crippen LogP) is 2.09. The number of rotatable bonds is 6. The van der Waals surface area contributed by atoms with Gasteiger partial charge in [0, 0.05) is 23.6 Å². The molecule has 0 aliphatic carbocycles. The molecule has 0 aliphatic rings. The summed E-state index contributed by atoms with van der Waals surface area (Å²) in [7, 11) is 3.28. The second-order valence-corrected chi connectivity index (χ2v) is 4.71. The zero-order chi connectivity index (χ0) is 13.6. The molecule has 0 radical (unpaired) electrons. The number of hydrogen-bond donors (Lipinski definition) is 1. The van der Waals surface area contributed by atoms with E-state index in [1.165, 1.54) is 0 Å². The van der Waals surface area contributed by atoms with Crippen LogP contribution in [0.3, 0.4) is 0 Å². The van der Waals surface area contributed by atoms with Crippen molar-refractivity contribution in [3.63, 3.8) is 0 Å². The van der Waals surface area contributed by atoms with Crippen LogP contribution in [0.15, 0.2) is 18.2 Å². The van der Waals surface area contributed by atoms with Gasteiger partial charge in [0.1, 0.15) is 11.5 Å². The summed E-state index contributed by atoms with van der Waals surface area (Å²) in [5.74, 6) is 1.58. The Morgan fingerprint density at radius 2 is 2.00 bits per heavy atom. The maximum absolute atomic E-state index is 8.55. The predicted molar refractivity (Wildman–Crippen MR) is 71.1 cm³/mol. The quantitative estimate of drug-likeness (QED) is 0.618. The van der Waals surface area contributed by atoms with Gasteiger partial charge in [-0.1, -0.05) is 19.9 Å². The van der Waals surface area contributed by atoms with Crippen molar-refractivity contribution in [1.29, 1.82) is 5.26 Å². The molecule has 1 aromatic carbocycles. The van der Waals surface area contributed by atoms with E-state index in [2.05, 4.69) is 25.2 Å². The molecule has 0 saturated carbocycles. The van der Waals surface area contributed by atoms with Crippen LogP contribution in [-0.4, -0.2) is 27.3 Å². The third-order valence-electron chi connectivity index (χ3n) is 2.91. The summed E-state index contributed by atoms with van der Waals surface area (Å²) >= 11 is 0. The molecule has 0 fully saturated rings. The van der Waals surface area contributed by atoms with Gasteiger partial charge in [0.15, 0.2) is 0 Å². The Balaban J connectivity index is 2.96. The smallest absolute Gasteiger partial charge is 0.126 e. The van der Waals surface area contributed by atoms with Gasteiger partial charge in [-0.25, -0.2) is 0 Å². The maximum atomic E-state index is 8.55. The van der Waals surface area contributed by atoms with Gasteiger partial charge in [0.25, 0.3) is 0 Å². The fraction of sp³-hybridized carbons (Fsp3) is 0.500. The number of nitrogens with one attached hydrogen (secondary N) is 1. The summed E-state index contributed by atoms with van der Waals surface area (Å²) in [5.41, 5.74) is 0.977. The highest BCUT2D eigenvalue weighted by Crippen LogP contribution is 2.33. The highest BCUT2D eigenvalue weighted by Gasteiger charge is 2.24. The maximum Gasteiger partial charge on any atom is 0.126 e. The van der Waals surface area contributed by atoms with Crippen LogP contribution in [0.4, 0.5) is 0 Å². The Kier molecular flexibility index (Phi) is 4.99. The van der Waals surface area contributed by atoms with Crippen LogP contribution in [0.5, 0.6) is 11.5 Å². The Bertz CT molecular complexity index is 436. The van der Waals surface area contributed by atoms with Gasteiger partial charge in [0.05, 0.1) is 26.8 Å². The second-order valence-electron chi connectivity index (χ2n) is 4.71. The molecule has 4 heteroatoms. The first-order chi connectivity index (χ1) is 8.55. The standard InChI is InChI=1S/C14H20N2O2/c1-14(2,10-16-8-7-15)12-6-5-11(17-3)9-13(12)18-4/h5-6,9,16H,8,10H2,1-4H3. The lowest BCUT2D eigenvalue weighted by molar-refractivity contribution is 0.376. The summed E-state index contributed by atoms with van der Waals surface area (Å²) in [6.07, 6.45) is 0. The van der Waals surface area contributed by atoms with Crippen molar-refractivity contribution in [1.82, 2.24) is 5.32 Å². The monoisotopic (exact) mass is 248 g/mol. The second kappa shape index (κ2) is 6.27. The van der Waals surface area contributed by atoms with Crippen LogP contribution in [-0.2, 0) is 5.41 Å². The average molecular weight is 248 g/mol. The van der Waals surface area contributed by atoms with Crippen molar-refractivity contribution in [2.45, 2.75) is 19.3 Å². The molecule has 1 rings (SSSR count). The van der Waals surface area contributed by atoms with E-state index in [-0.39, 0.29) is 5.41 Å². The molecular formula is C14H20N2O2. The molecule has 0 aliphatic heterocycles. The van der Waals surface area contributed by atoms with E-state index in [0.29, 0.717) is 13.1 Å². The topological polar surface area (TPSA) is 54.3 Å². The normalized spacial score (nSPS) is 10.8. The molecule has 1 N–H and O–H groups in total. The third-order valence-corrected chi connectivity index (χ3v) is 2.91. The van der Waals surface area contributed by atoms with E-state index < -0.39 is 0 Å². The molecule has 0 aromatic heterocycles. The summed E-state index contributed by atoms with van der Waals surface area (Å²) in [6.45, 7) is 5.29. The zero-order valence-electron chi connectivity index (χ0n) is 11.4. The minimum atomic E-state index is -0.117. The molecule has 0 atom stereocenters. The van der Waals surface area contributed by atoms with Gasteiger partial charge >= 0.3 is 0 Å². The van der Waals surface area contributed by atoms with Crippen molar-refractivity contribution in [2.75, 3.05) is 27.3 Å². The lowest BCUT2D eigenvalue weighted by Gasteiger charge is -2.27. The van der Waals surface area contributed by atoms with E-state index in [1.54, 1.807) is 14.2 Å². The largest absolute Gasteiger partial charge is 0.497 e. The first-order valence-electron chi connectivity index (χ1n) is 5.85. The average Bonchev–Trinajstić information content (AvgIpc) is 2.38. The molecule has 0 unspecified atom stereocenters. The van der Waals surface area contributed by atoms with Gasteiger partial charge in [0.2, 0.25) is 0 Å². The van der Waals surface area contributed by atoms with Crippen molar-refractivity contribution in [3.05, 3.63) is 23.8 Å². The lowest BCUT2D eigenvalue weighted by Crippen LogP contribution is -2.33. The first-order valence-corrected chi connectivity index (χ1v) is 5.85. The first kappa shape index (κ1) is 14.3. The Morgan fingerprint density at radius 1 is 1.28 bits per heavy atom. The molecule has 0 spiro atoms. The molecule has 0 heterocycles. The molecule has 18 heavy (non-hydrogen) atoms. The van der Waals surface area contributed by atoms with Crippen molar-refractivity contribution in [2.24, 2.45) is 0 Å². The third kappa shape index (κ3) is 3.38. The number of benzene rings is 1. The highest BCUT2D eigenvalue weighted by molar-refractivity contribution is 5.44. The number of nitrogens with zero attached hydrogens (tertiary/aromatic N) is 1. The van der Waals surface area contributed by atoms with Gasteiger partial charge < -0.3 is 14.8 Å². The van der Waals surface area contributed by atoms with E-state index in [4.69, 9.17) is 14.7 Å². The molecule has 1 aromatic rings. The van der Waals surface area contributed by atoms with Crippen LogP contribution < -0.4 is 14.8 Å². The van der Waals surface area contributed by atoms with Gasteiger partial charge in [-0.05, 0) is 6.07 Å². The van der Waals surface area contributed by atoms with Crippen LogP contribution >= 0.6 is 0 Å². The van der Waals surface area contributed by atoms with Gasteiger partial charge in [-0.15, -0.1) is 0 Å². The molecule has 0 amide bonds. The van der Waals surface area contributed by atoms with Crippen molar-refractivity contribution < 1.29 is 9.47 Å². The van der Waals surface area contributed by atoms with Crippen molar-refractivity contribution in [3.8, 4) is 17.6 Å².